The molecule has 158 valence electrons. The molecule has 28 heavy (non-hydrogen) atoms. The molecule has 1 heterocycles. The van der Waals surface area contributed by atoms with Crippen LogP contribution in [0.25, 0.3) is 0 Å². The first kappa shape index (κ1) is 24.1. The molecule has 0 aliphatic heterocycles. The van der Waals surface area contributed by atoms with Gasteiger partial charge in [-0.1, -0.05) is 66.2 Å². The van der Waals surface area contributed by atoms with Crippen molar-refractivity contribution in [1.29, 1.82) is 0 Å². The zero-order valence-corrected chi connectivity index (χ0v) is 18.2. The maximum atomic E-state index is 12.5. The summed E-state index contributed by atoms with van der Waals surface area (Å²) in [4.78, 5) is 29.0. The highest BCUT2D eigenvalue weighted by molar-refractivity contribution is 5.99. The number of nitrogens with zero attached hydrogens (tertiary/aromatic N) is 1. The Bertz CT molecular complexity index is 542. The highest BCUT2D eigenvalue weighted by atomic mass is 16.2. The van der Waals surface area contributed by atoms with Crippen LogP contribution in [0.1, 0.15) is 99.8 Å². The van der Waals surface area contributed by atoms with Gasteiger partial charge in [0.25, 0.3) is 11.8 Å². The van der Waals surface area contributed by atoms with Gasteiger partial charge in [0, 0.05) is 25.5 Å². The summed E-state index contributed by atoms with van der Waals surface area (Å²) in [7, 11) is 0. The molecular formula is C23H39N3O2. The third kappa shape index (κ3) is 8.85. The minimum absolute atomic E-state index is 0.161. The molecule has 2 amide bonds. The summed E-state index contributed by atoms with van der Waals surface area (Å²) in [5.41, 5.74) is 0.882. The first-order chi connectivity index (χ1) is 13.5. The topological polar surface area (TPSA) is 71.1 Å². The van der Waals surface area contributed by atoms with Crippen molar-refractivity contribution in [3.8, 4) is 0 Å². The van der Waals surface area contributed by atoms with Gasteiger partial charge in [0.2, 0.25) is 0 Å². The number of unbranched alkanes of at least 4 members (excludes halogenated alkanes) is 2. The first-order valence-electron chi connectivity index (χ1n) is 11.1. The second-order valence-electron chi connectivity index (χ2n) is 7.72. The molecule has 1 rings (SSSR count). The molecular weight excluding hydrogens is 350 g/mol. The molecule has 1 aromatic heterocycles. The summed E-state index contributed by atoms with van der Waals surface area (Å²) in [6.07, 6.45) is 12.1. The molecule has 2 N–H and O–H groups in total. The van der Waals surface area contributed by atoms with Crippen molar-refractivity contribution >= 4 is 11.8 Å². The Hall–Kier alpha value is -1.91. The van der Waals surface area contributed by atoms with Gasteiger partial charge in [-0.25, -0.2) is 0 Å². The van der Waals surface area contributed by atoms with Gasteiger partial charge in [0.15, 0.2) is 0 Å². The molecule has 0 radical (unpaired) electrons. The SMILES string of the molecule is CCCCC(CC)CNC(=O)c1cncc(C(=O)NCC(CC)CCCC)c1. The Morgan fingerprint density at radius 2 is 1.25 bits per heavy atom. The maximum absolute atomic E-state index is 12.5. The van der Waals surface area contributed by atoms with Crippen molar-refractivity contribution in [2.75, 3.05) is 13.1 Å². The minimum Gasteiger partial charge on any atom is -0.352 e. The maximum Gasteiger partial charge on any atom is 0.252 e. The highest BCUT2D eigenvalue weighted by Gasteiger charge is 2.14. The van der Waals surface area contributed by atoms with Gasteiger partial charge >= 0.3 is 0 Å². The third-order valence-electron chi connectivity index (χ3n) is 5.45. The summed E-state index contributed by atoms with van der Waals surface area (Å²) in [5.74, 6) is 0.674. The van der Waals surface area contributed by atoms with Gasteiger partial charge in [0.1, 0.15) is 0 Å². The molecule has 2 unspecified atom stereocenters. The molecule has 0 aliphatic carbocycles. The molecule has 0 saturated heterocycles. The fourth-order valence-electron chi connectivity index (χ4n) is 3.25. The summed E-state index contributed by atoms with van der Waals surface area (Å²) in [5, 5.41) is 5.99. The quantitative estimate of drug-likeness (QED) is 0.472. The van der Waals surface area contributed by atoms with E-state index in [1.54, 1.807) is 6.07 Å². The van der Waals surface area contributed by atoms with Crippen LogP contribution in [0.5, 0.6) is 0 Å². The number of carbonyl (C=O) groups excluding carboxylic acids is 2. The fraction of sp³-hybridized carbons (Fsp3) is 0.696. The van der Waals surface area contributed by atoms with Crippen molar-refractivity contribution in [2.45, 2.75) is 79.1 Å². The molecule has 5 heteroatoms. The Labute approximate surface area is 171 Å². The van der Waals surface area contributed by atoms with Crippen LogP contribution in [0.15, 0.2) is 18.5 Å². The van der Waals surface area contributed by atoms with Crippen molar-refractivity contribution in [3.63, 3.8) is 0 Å². The molecule has 0 spiro atoms. The fourth-order valence-corrected chi connectivity index (χ4v) is 3.25. The van der Waals surface area contributed by atoms with Crippen LogP contribution in [-0.4, -0.2) is 29.9 Å². The standard InChI is InChI=1S/C23H39N3O2/c1-5-9-11-18(7-3)14-25-22(27)20-13-21(17-24-16-20)23(28)26-15-19(8-4)12-10-6-2/h13,16-19H,5-12,14-15H2,1-4H3,(H,25,27)(H,26,28). The average Bonchev–Trinajstić information content (AvgIpc) is 2.73. The Kier molecular flexibility index (Phi) is 12.2. The van der Waals surface area contributed by atoms with Crippen LogP contribution < -0.4 is 10.6 Å². The van der Waals surface area contributed by atoms with Gasteiger partial charge in [-0.05, 0) is 30.7 Å². The van der Waals surface area contributed by atoms with Crippen molar-refractivity contribution < 1.29 is 9.59 Å². The van der Waals surface area contributed by atoms with E-state index in [1.165, 1.54) is 38.1 Å². The lowest BCUT2D eigenvalue weighted by atomic mass is 9.99. The molecule has 2 atom stereocenters. The smallest absolute Gasteiger partial charge is 0.252 e. The molecule has 1 aromatic rings. The predicted octanol–water partition coefficient (Wildman–Crippen LogP) is 4.97. The van der Waals surface area contributed by atoms with Crippen molar-refractivity contribution in [3.05, 3.63) is 29.6 Å². The van der Waals surface area contributed by atoms with Gasteiger partial charge in [0.05, 0.1) is 11.1 Å². The minimum atomic E-state index is -0.161. The van der Waals surface area contributed by atoms with E-state index in [0.29, 0.717) is 36.1 Å². The molecule has 0 fully saturated rings. The lowest BCUT2D eigenvalue weighted by Crippen LogP contribution is -2.31. The van der Waals surface area contributed by atoms with Gasteiger partial charge in [-0.15, -0.1) is 0 Å². The Balaban J connectivity index is 2.59. The van der Waals surface area contributed by atoms with E-state index >= 15 is 0 Å². The second-order valence-corrected chi connectivity index (χ2v) is 7.72. The Morgan fingerprint density at radius 1 is 0.821 bits per heavy atom. The van der Waals surface area contributed by atoms with E-state index in [9.17, 15) is 9.59 Å². The summed E-state index contributed by atoms with van der Waals surface area (Å²) < 4.78 is 0. The Morgan fingerprint density at radius 3 is 1.61 bits per heavy atom. The monoisotopic (exact) mass is 389 g/mol. The summed E-state index contributed by atoms with van der Waals surface area (Å²) in [6.45, 7) is 10.0. The van der Waals surface area contributed by atoms with Gasteiger partial charge < -0.3 is 10.6 Å². The van der Waals surface area contributed by atoms with Crippen LogP contribution in [0.4, 0.5) is 0 Å². The van der Waals surface area contributed by atoms with Crippen LogP contribution >= 0.6 is 0 Å². The number of carbonyl (C=O) groups is 2. The van der Waals surface area contributed by atoms with Crippen LogP contribution in [0.2, 0.25) is 0 Å². The third-order valence-corrected chi connectivity index (χ3v) is 5.45. The number of nitrogens with one attached hydrogen (secondary N) is 2. The first-order valence-corrected chi connectivity index (χ1v) is 11.1. The number of rotatable bonds is 14. The lowest BCUT2D eigenvalue weighted by Gasteiger charge is -2.16. The largest absolute Gasteiger partial charge is 0.352 e. The number of pyridine rings is 1. The van der Waals surface area contributed by atoms with Crippen LogP contribution in [0.3, 0.4) is 0 Å². The molecule has 0 bridgehead atoms. The van der Waals surface area contributed by atoms with E-state index in [-0.39, 0.29) is 11.8 Å². The van der Waals surface area contributed by atoms with Gasteiger partial charge in [-0.3, -0.25) is 14.6 Å². The van der Waals surface area contributed by atoms with E-state index < -0.39 is 0 Å². The molecule has 0 aliphatic rings. The predicted molar refractivity (Wildman–Crippen MR) is 116 cm³/mol. The summed E-state index contributed by atoms with van der Waals surface area (Å²) >= 11 is 0. The number of amides is 2. The van der Waals surface area contributed by atoms with Crippen LogP contribution in [-0.2, 0) is 0 Å². The lowest BCUT2D eigenvalue weighted by molar-refractivity contribution is 0.0945. The van der Waals surface area contributed by atoms with Crippen molar-refractivity contribution in [2.24, 2.45) is 11.8 Å². The second kappa shape index (κ2) is 14.1. The molecule has 0 aromatic carbocycles. The highest BCUT2D eigenvalue weighted by Crippen LogP contribution is 2.13. The zero-order chi connectivity index (χ0) is 20.8. The van der Waals surface area contributed by atoms with E-state index in [1.807, 2.05) is 0 Å². The zero-order valence-electron chi connectivity index (χ0n) is 18.2. The van der Waals surface area contributed by atoms with E-state index in [4.69, 9.17) is 0 Å². The average molecular weight is 390 g/mol. The van der Waals surface area contributed by atoms with Gasteiger partial charge in [-0.2, -0.15) is 0 Å². The van der Waals surface area contributed by atoms with Crippen molar-refractivity contribution in [1.82, 2.24) is 15.6 Å². The van der Waals surface area contributed by atoms with E-state index in [0.717, 1.165) is 25.7 Å². The van der Waals surface area contributed by atoms with E-state index in [2.05, 4.69) is 43.3 Å². The summed E-state index contributed by atoms with van der Waals surface area (Å²) in [6, 6.07) is 1.64. The number of hydrogen-bond acceptors (Lipinski definition) is 3. The number of aromatic nitrogens is 1. The van der Waals surface area contributed by atoms with Crippen LogP contribution in [0, 0.1) is 11.8 Å². The molecule has 0 saturated carbocycles. The number of hydrogen-bond donors (Lipinski definition) is 2. The molecule has 5 nitrogen and oxygen atoms in total. The normalized spacial score (nSPS) is 13.0.